The Balaban J connectivity index is 0.00000341. The lowest BCUT2D eigenvalue weighted by Crippen LogP contribution is -2.50. The van der Waals surface area contributed by atoms with Crippen LogP contribution in [0, 0.1) is 5.92 Å². The van der Waals surface area contributed by atoms with Gasteiger partial charge in [-0.1, -0.05) is 0 Å². The molecule has 3 rings (SSSR count). The van der Waals surface area contributed by atoms with Crippen LogP contribution in [-0.2, 0) is 20.7 Å². The van der Waals surface area contributed by atoms with Gasteiger partial charge in [-0.25, -0.2) is 0 Å². The number of morpholine rings is 1. The van der Waals surface area contributed by atoms with Gasteiger partial charge in [0.1, 0.15) is 5.76 Å². The Kier molecular flexibility index (Phi) is 12.3. The molecule has 2 aliphatic heterocycles. The van der Waals surface area contributed by atoms with E-state index in [-0.39, 0.29) is 29.9 Å². The molecule has 0 atom stereocenters. The number of amides is 1. The molecule has 8 nitrogen and oxygen atoms in total. The topological polar surface area (TPSA) is 79.5 Å². The van der Waals surface area contributed by atoms with E-state index < -0.39 is 0 Å². The zero-order valence-corrected chi connectivity index (χ0v) is 20.9. The summed E-state index contributed by atoms with van der Waals surface area (Å²) in [5, 5.41) is 3.49. The van der Waals surface area contributed by atoms with Crippen LogP contribution >= 0.6 is 24.0 Å². The Morgan fingerprint density at radius 2 is 2.00 bits per heavy atom. The van der Waals surface area contributed by atoms with Gasteiger partial charge in [-0.05, 0) is 38.3 Å². The summed E-state index contributed by atoms with van der Waals surface area (Å²) >= 11 is 0. The predicted molar refractivity (Wildman–Crippen MR) is 131 cm³/mol. The lowest BCUT2D eigenvalue weighted by Gasteiger charge is -2.36. The number of hydrogen-bond donors (Lipinski definition) is 1. The predicted octanol–water partition coefficient (Wildman–Crippen LogP) is 2.38. The van der Waals surface area contributed by atoms with Crippen LogP contribution in [0.25, 0.3) is 0 Å². The molecule has 2 saturated heterocycles. The van der Waals surface area contributed by atoms with E-state index in [9.17, 15) is 4.79 Å². The Hall–Kier alpha value is -1.33. The van der Waals surface area contributed by atoms with E-state index in [0.717, 1.165) is 89.9 Å². The van der Waals surface area contributed by atoms with Gasteiger partial charge in [0.05, 0.1) is 19.5 Å². The van der Waals surface area contributed by atoms with Crippen molar-refractivity contribution in [3.8, 4) is 0 Å². The summed E-state index contributed by atoms with van der Waals surface area (Å²) in [4.78, 5) is 21.8. The molecule has 1 amide bonds. The van der Waals surface area contributed by atoms with E-state index in [4.69, 9.17) is 18.9 Å². The third-order valence-corrected chi connectivity index (χ3v) is 5.61. The van der Waals surface area contributed by atoms with Crippen molar-refractivity contribution in [1.29, 1.82) is 0 Å². The normalized spacial score (nSPS) is 18.0. The molecule has 176 valence electrons. The molecular weight excluding hydrogens is 511 g/mol. The fourth-order valence-corrected chi connectivity index (χ4v) is 3.90. The van der Waals surface area contributed by atoms with Gasteiger partial charge in [0.2, 0.25) is 5.91 Å². The third-order valence-electron chi connectivity index (χ3n) is 5.61. The van der Waals surface area contributed by atoms with Crippen molar-refractivity contribution < 1.29 is 18.7 Å². The first-order chi connectivity index (χ1) is 14.8. The lowest BCUT2D eigenvalue weighted by atomic mass is 9.95. The van der Waals surface area contributed by atoms with E-state index in [2.05, 4.69) is 10.2 Å². The molecule has 0 aromatic carbocycles. The minimum absolute atomic E-state index is 0. The van der Waals surface area contributed by atoms with E-state index >= 15 is 0 Å². The summed E-state index contributed by atoms with van der Waals surface area (Å²) in [7, 11) is 0. The molecular formula is C22H37IN4O4. The van der Waals surface area contributed by atoms with Crippen molar-refractivity contribution in [2.75, 3.05) is 65.7 Å². The molecule has 1 aromatic heterocycles. The van der Waals surface area contributed by atoms with Crippen LogP contribution in [0.15, 0.2) is 27.8 Å². The van der Waals surface area contributed by atoms with Crippen LogP contribution < -0.4 is 5.32 Å². The van der Waals surface area contributed by atoms with Gasteiger partial charge < -0.3 is 29.0 Å². The maximum absolute atomic E-state index is 12.8. The Morgan fingerprint density at radius 1 is 1.23 bits per heavy atom. The van der Waals surface area contributed by atoms with E-state index in [0.29, 0.717) is 19.1 Å². The molecule has 0 saturated carbocycles. The molecule has 0 aliphatic carbocycles. The third kappa shape index (κ3) is 8.61. The second-order valence-electron chi connectivity index (χ2n) is 7.71. The van der Waals surface area contributed by atoms with Crippen LogP contribution in [0.1, 0.15) is 31.9 Å². The van der Waals surface area contributed by atoms with Crippen molar-refractivity contribution in [3.63, 3.8) is 0 Å². The second-order valence-corrected chi connectivity index (χ2v) is 7.71. The lowest BCUT2D eigenvalue weighted by molar-refractivity contribution is -0.140. The fraction of sp³-hybridized carbons (Fsp3) is 0.727. The van der Waals surface area contributed by atoms with Gasteiger partial charge in [-0.15, -0.1) is 24.0 Å². The van der Waals surface area contributed by atoms with Crippen LogP contribution in [0.4, 0.5) is 0 Å². The molecule has 1 aromatic rings. The SMILES string of the molecule is CCOCCCN=C(NCCc1ccco1)N1CCC(C(=O)N2CCOCC2)CC1.I. The van der Waals surface area contributed by atoms with Crippen molar-refractivity contribution in [2.45, 2.75) is 32.6 Å². The van der Waals surface area contributed by atoms with Crippen molar-refractivity contribution in [2.24, 2.45) is 10.9 Å². The Morgan fingerprint density at radius 3 is 2.68 bits per heavy atom. The minimum atomic E-state index is 0. The number of nitrogens with zero attached hydrogens (tertiary/aromatic N) is 3. The molecule has 1 N–H and O–H groups in total. The van der Waals surface area contributed by atoms with Crippen molar-refractivity contribution in [1.82, 2.24) is 15.1 Å². The van der Waals surface area contributed by atoms with Gasteiger partial charge in [-0.2, -0.15) is 0 Å². The smallest absolute Gasteiger partial charge is 0.225 e. The van der Waals surface area contributed by atoms with Crippen LogP contribution in [0.3, 0.4) is 0 Å². The van der Waals surface area contributed by atoms with Crippen LogP contribution in [0.2, 0.25) is 0 Å². The highest BCUT2D eigenvalue weighted by atomic mass is 127. The van der Waals surface area contributed by atoms with Crippen LogP contribution in [-0.4, -0.2) is 87.4 Å². The summed E-state index contributed by atoms with van der Waals surface area (Å²) in [6.45, 7) is 9.43. The fourth-order valence-electron chi connectivity index (χ4n) is 3.90. The number of rotatable bonds is 9. The number of ether oxygens (including phenoxy) is 2. The van der Waals surface area contributed by atoms with E-state index in [1.165, 1.54) is 0 Å². The van der Waals surface area contributed by atoms with Gasteiger partial charge in [0, 0.05) is 64.8 Å². The number of hydrogen-bond acceptors (Lipinski definition) is 5. The summed E-state index contributed by atoms with van der Waals surface area (Å²) < 4.78 is 16.2. The Bertz CT molecular complexity index is 642. The molecule has 31 heavy (non-hydrogen) atoms. The number of carbonyl (C=O) groups is 1. The second kappa shape index (κ2) is 14.7. The average Bonchev–Trinajstić information content (AvgIpc) is 3.31. The summed E-state index contributed by atoms with van der Waals surface area (Å²) in [5.41, 5.74) is 0. The maximum Gasteiger partial charge on any atom is 0.225 e. The number of nitrogens with one attached hydrogen (secondary N) is 1. The maximum atomic E-state index is 12.8. The first-order valence-electron chi connectivity index (χ1n) is 11.3. The van der Waals surface area contributed by atoms with Gasteiger partial charge in [0.15, 0.2) is 5.96 Å². The quantitative estimate of drug-likeness (QED) is 0.221. The van der Waals surface area contributed by atoms with Crippen molar-refractivity contribution >= 4 is 35.8 Å². The molecule has 2 aliphatic rings. The highest BCUT2D eigenvalue weighted by molar-refractivity contribution is 14.0. The number of piperidine rings is 1. The summed E-state index contributed by atoms with van der Waals surface area (Å²) in [5.74, 6) is 2.30. The van der Waals surface area contributed by atoms with Gasteiger partial charge in [0.25, 0.3) is 0 Å². The highest BCUT2D eigenvalue weighted by Gasteiger charge is 2.30. The number of furan rings is 1. The number of guanidine groups is 1. The van der Waals surface area contributed by atoms with E-state index in [1.54, 1.807) is 6.26 Å². The standard InChI is InChI=1S/C22H36N4O4.HI/c1-2-28-15-4-9-23-22(24-10-6-20-5-3-16-30-20)26-11-7-19(8-12-26)21(27)25-13-17-29-18-14-25;/h3,5,16,19H,2,4,6-15,17-18H2,1H3,(H,23,24);1H. The van der Waals surface area contributed by atoms with Gasteiger partial charge in [-0.3, -0.25) is 9.79 Å². The number of halogens is 1. The molecule has 9 heteroatoms. The number of likely N-dealkylation sites (tertiary alicyclic amines) is 1. The highest BCUT2D eigenvalue weighted by Crippen LogP contribution is 2.20. The van der Waals surface area contributed by atoms with Crippen molar-refractivity contribution in [3.05, 3.63) is 24.2 Å². The summed E-state index contributed by atoms with van der Waals surface area (Å²) in [6.07, 6.45) is 5.16. The zero-order chi connectivity index (χ0) is 21.0. The number of carbonyl (C=O) groups excluding carboxylic acids is 1. The average molecular weight is 548 g/mol. The first kappa shape index (κ1) is 25.9. The van der Waals surface area contributed by atoms with Gasteiger partial charge >= 0.3 is 0 Å². The zero-order valence-electron chi connectivity index (χ0n) is 18.6. The molecule has 0 unspecified atom stereocenters. The molecule has 0 bridgehead atoms. The van der Waals surface area contributed by atoms with E-state index in [1.807, 2.05) is 24.0 Å². The largest absolute Gasteiger partial charge is 0.469 e. The molecule has 3 heterocycles. The summed E-state index contributed by atoms with van der Waals surface area (Å²) in [6, 6.07) is 3.90. The molecule has 2 fully saturated rings. The molecule has 0 spiro atoms. The Labute approximate surface area is 202 Å². The monoisotopic (exact) mass is 548 g/mol. The first-order valence-corrected chi connectivity index (χ1v) is 11.3. The molecule has 0 radical (unpaired) electrons. The number of aliphatic imine (C=N–C) groups is 1. The van der Waals surface area contributed by atoms with Crippen LogP contribution in [0.5, 0.6) is 0 Å². The minimum Gasteiger partial charge on any atom is -0.469 e.